The third kappa shape index (κ3) is 8.74. The number of ether oxygens (including phenoxy) is 1. The highest BCUT2D eigenvalue weighted by Gasteiger charge is 2.50. The van der Waals surface area contributed by atoms with Crippen LogP contribution in [0.25, 0.3) is 11.0 Å². The Morgan fingerprint density at radius 1 is 0.984 bits per heavy atom. The summed E-state index contributed by atoms with van der Waals surface area (Å²) in [6.07, 6.45) is 10.5. The molecule has 4 heterocycles. The van der Waals surface area contributed by atoms with Crippen LogP contribution in [0, 0.1) is 38.9 Å². The molecule has 2 saturated heterocycles. The first kappa shape index (κ1) is 43.5. The van der Waals surface area contributed by atoms with Crippen molar-refractivity contribution in [2.24, 2.45) is 11.3 Å². The van der Waals surface area contributed by atoms with E-state index in [1.165, 1.54) is 36.5 Å². The standard InChI is InChI=1S/C46H50F3N7O7S/c1-45(58)12-9-28(10-13-45)26-51-37-8-7-32(21-40(37)56(59)60)64(61,62)53-44(57)33-22-36(49)39(23-41(33)63-31-20-29-11-16-50-43(29)52-27-31)54-18-14-46(15-19-54)24-30(25-46)55-17-3-6-38(55)42-34(47)4-2-5-35(42)48/h2,4-5,7-8,11,16,20-23,27-28,30,38,51,58H,3,6,9-10,12-15,17-19,24-26H2,1H3,(H,50,52)(H,53,57)/t28?,38-,45?/m0/s1. The first-order chi connectivity index (χ1) is 30.6. The molecule has 1 atom stereocenters. The van der Waals surface area contributed by atoms with E-state index in [0.717, 1.165) is 69.7 Å². The van der Waals surface area contributed by atoms with Crippen LogP contribution >= 0.6 is 0 Å². The maximum absolute atomic E-state index is 16.3. The number of piperidine rings is 1. The summed E-state index contributed by atoms with van der Waals surface area (Å²) in [5.41, 5.74) is -0.718. The number of nitrogens with one attached hydrogen (secondary N) is 3. The second-order valence-corrected chi connectivity index (χ2v) is 19.9. The first-order valence-corrected chi connectivity index (χ1v) is 23.3. The van der Waals surface area contributed by atoms with Gasteiger partial charge < -0.3 is 25.0 Å². The quantitative estimate of drug-likeness (QED) is 0.0694. The van der Waals surface area contributed by atoms with Crippen LogP contribution in [-0.4, -0.2) is 77.0 Å². The maximum Gasteiger partial charge on any atom is 0.293 e. The molecule has 2 aliphatic carbocycles. The summed E-state index contributed by atoms with van der Waals surface area (Å²) in [6.45, 7) is 3.90. The fourth-order valence-corrected chi connectivity index (χ4v) is 11.3. The smallest absolute Gasteiger partial charge is 0.293 e. The molecule has 1 amide bonds. The molecule has 2 aromatic heterocycles. The van der Waals surface area contributed by atoms with Crippen LogP contribution in [0.4, 0.5) is 30.2 Å². The van der Waals surface area contributed by atoms with Crippen LogP contribution in [-0.2, 0) is 10.0 Å². The van der Waals surface area contributed by atoms with Crippen molar-refractivity contribution >= 4 is 44.0 Å². The molecule has 3 aromatic carbocycles. The van der Waals surface area contributed by atoms with E-state index in [2.05, 4.69) is 20.2 Å². The Kier molecular flexibility index (Phi) is 11.6. The largest absolute Gasteiger partial charge is 0.455 e. The summed E-state index contributed by atoms with van der Waals surface area (Å²) in [4.78, 5) is 36.2. The van der Waals surface area contributed by atoms with E-state index >= 15 is 4.39 Å². The fraction of sp³-hybridized carbons (Fsp3) is 0.435. The number of likely N-dealkylation sites (tertiary alicyclic amines) is 1. The number of nitro groups is 1. The highest BCUT2D eigenvalue weighted by atomic mass is 32.2. The van der Waals surface area contributed by atoms with E-state index in [1.807, 2.05) is 9.62 Å². The Bertz CT molecular complexity index is 2690. The first-order valence-electron chi connectivity index (χ1n) is 21.8. The van der Waals surface area contributed by atoms with E-state index in [9.17, 15) is 37.2 Å². The van der Waals surface area contributed by atoms with Gasteiger partial charge in [0.05, 0.1) is 32.9 Å². The lowest BCUT2D eigenvalue weighted by Crippen LogP contribution is -2.55. The number of benzene rings is 3. The molecule has 5 aromatic rings. The average molecular weight is 902 g/mol. The van der Waals surface area contributed by atoms with Gasteiger partial charge in [-0.1, -0.05) is 6.07 Å². The Morgan fingerprint density at radius 2 is 1.72 bits per heavy atom. The van der Waals surface area contributed by atoms with Crippen molar-refractivity contribution in [3.63, 3.8) is 0 Å². The fourth-order valence-electron chi connectivity index (χ4n) is 10.3. The third-order valence-corrected chi connectivity index (χ3v) is 15.3. The minimum Gasteiger partial charge on any atom is -0.455 e. The molecule has 2 saturated carbocycles. The number of aromatic nitrogens is 2. The van der Waals surface area contributed by atoms with E-state index in [-0.39, 0.29) is 51.9 Å². The molecule has 4 N–H and O–H groups in total. The molecule has 18 heteroatoms. The van der Waals surface area contributed by atoms with E-state index in [0.29, 0.717) is 49.9 Å². The number of amides is 1. The molecule has 0 bridgehead atoms. The van der Waals surface area contributed by atoms with Gasteiger partial charge in [0.1, 0.15) is 40.3 Å². The number of hydrogen-bond donors (Lipinski definition) is 4. The number of sulfonamides is 1. The second-order valence-electron chi connectivity index (χ2n) is 18.3. The van der Waals surface area contributed by atoms with Crippen LogP contribution in [0.15, 0.2) is 78.0 Å². The molecular formula is C46H50F3N7O7S. The Hall–Kier alpha value is -5.72. The van der Waals surface area contributed by atoms with Crippen molar-refractivity contribution < 1.29 is 41.2 Å². The van der Waals surface area contributed by atoms with Gasteiger partial charge in [0, 0.05) is 61.0 Å². The number of fused-ring (bicyclic) bond motifs is 1. The summed E-state index contributed by atoms with van der Waals surface area (Å²) < 4.78 is 81.4. The predicted octanol–water partition coefficient (Wildman–Crippen LogP) is 8.74. The number of hydrogen-bond acceptors (Lipinski definition) is 11. The predicted molar refractivity (Wildman–Crippen MR) is 233 cm³/mol. The van der Waals surface area contributed by atoms with Crippen molar-refractivity contribution in [2.45, 2.75) is 93.7 Å². The molecule has 4 aliphatic rings. The average Bonchev–Trinajstić information content (AvgIpc) is 3.93. The lowest BCUT2D eigenvalue weighted by Gasteiger charge is -2.56. The lowest BCUT2D eigenvalue weighted by atomic mass is 9.59. The highest BCUT2D eigenvalue weighted by Crippen LogP contribution is 2.54. The zero-order valence-corrected chi connectivity index (χ0v) is 36.1. The number of rotatable bonds is 12. The summed E-state index contributed by atoms with van der Waals surface area (Å²) >= 11 is 0. The molecular weight excluding hydrogens is 852 g/mol. The van der Waals surface area contributed by atoms with E-state index in [1.54, 1.807) is 25.3 Å². The Balaban J connectivity index is 0.917. The van der Waals surface area contributed by atoms with Gasteiger partial charge in [-0.15, -0.1) is 0 Å². The number of pyridine rings is 1. The number of H-pyrrole nitrogens is 1. The maximum atomic E-state index is 16.3. The molecule has 4 fully saturated rings. The number of aliphatic hydroxyl groups is 1. The number of anilines is 2. The number of nitrogens with zero attached hydrogens (tertiary/aromatic N) is 4. The van der Waals surface area contributed by atoms with Crippen molar-refractivity contribution in [1.82, 2.24) is 19.6 Å². The number of carbonyl (C=O) groups is 1. The molecule has 338 valence electrons. The Labute approximate surface area is 368 Å². The lowest BCUT2D eigenvalue weighted by molar-refractivity contribution is -0.384. The minimum absolute atomic E-state index is 0.00838. The monoisotopic (exact) mass is 901 g/mol. The highest BCUT2D eigenvalue weighted by molar-refractivity contribution is 7.90. The number of carbonyl (C=O) groups excluding carboxylic acids is 1. The number of aromatic amines is 1. The molecule has 64 heavy (non-hydrogen) atoms. The van der Waals surface area contributed by atoms with Crippen LogP contribution in [0.1, 0.15) is 93.1 Å². The van der Waals surface area contributed by atoms with Crippen LogP contribution in [0.5, 0.6) is 11.5 Å². The summed E-state index contributed by atoms with van der Waals surface area (Å²) in [5, 5.41) is 26.2. The summed E-state index contributed by atoms with van der Waals surface area (Å²) in [6, 6.07) is 12.9. The third-order valence-electron chi connectivity index (χ3n) is 14.0. The molecule has 0 radical (unpaired) electrons. The van der Waals surface area contributed by atoms with Crippen molar-refractivity contribution in [3.8, 4) is 11.5 Å². The molecule has 0 unspecified atom stereocenters. The van der Waals surface area contributed by atoms with E-state index < -0.39 is 60.1 Å². The van der Waals surface area contributed by atoms with Crippen molar-refractivity contribution in [1.29, 1.82) is 0 Å². The van der Waals surface area contributed by atoms with Crippen LogP contribution in [0.3, 0.4) is 0 Å². The van der Waals surface area contributed by atoms with Gasteiger partial charge in [-0.3, -0.25) is 19.8 Å². The van der Waals surface area contributed by atoms with Crippen molar-refractivity contribution in [2.75, 3.05) is 36.4 Å². The molecule has 1 spiro atoms. The van der Waals surface area contributed by atoms with Gasteiger partial charge >= 0.3 is 0 Å². The number of nitro benzene ring substituents is 1. The van der Waals surface area contributed by atoms with Crippen LogP contribution in [0.2, 0.25) is 0 Å². The van der Waals surface area contributed by atoms with Gasteiger partial charge in [0.15, 0.2) is 0 Å². The van der Waals surface area contributed by atoms with Crippen molar-refractivity contribution in [3.05, 3.63) is 112 Å². The van der Waals surface area contributed by atoms with Gasteiger partial charge in [-0.2, -0.15) is 0 Å². The zero-order chi connectivity index (χ0) is 45.0. The summed E-state index contributed by atoms with van der Waals surface area (Å²) in [7, 11) is -4.73. The normalized spacial score (nSPS) is 22.7. The minimum atomic E-state index is -4.73. The summed E-state index contributed by atoms with van der Waals surface area (Å²) in [5.74, 6) is -2.83. The second kappa shape index (κ2) is 17.0. The SMILES string of the molecule is CC1(O)CCC(CNc2ccc(S(=O)(=O)NC(=O)c3cc(F)c(N4CCC5(CC4)CC(N4CCC[C@H]4c4c(F)cccc4F)C5)cc3Oc3cnc4[nH]ccc4c3)cc2[N+](=O)[O-])CC1. The van der Waals surface area contributed by atoms with Gasteiger partial charge in [0.25, 0.3) is 21.6 Å². The van der Waals surface area contributed by atoms with E-state index in [4.69, 9.17) is 4.74 Å². The molecule has 14 nitrogen and oxygen atoms in total. The van der Waals surface area contributed by atoms with Crippen LogP contribution < -0.4 is 19.7 Å². The van der Waals surface area contributed by atoms with Gasteiger partial charge in [-0.25, -0.2) is 31.3 Å². The zero-order valence-electron chi connectivity index (χ0n) is 35.3. The molecule has 9 rings (SSSR count). The number of halogens is 3. The topological polar surface area (TPSA) is 183 Å². The molecule has 2 aliphatic heterocycles. The Morgan fingerprint density at radius 3 is 2.44 bits per heavy atom. The van der Waals surface area contributed by atoms with Gasteiger partial charge in [0.2, 0.25) is 0 Å². The van der Waals surface area contributed by atoms with Gasteiger partial charge in [-0.05, 0) is 131 Å².